The molecular weight excluding hydrogens is 252 g/mol. The molecule has 0 aliphatic rings. The minimum absolute atomic E-state index is 0.628. The van der Waals surface area contributed by atoms with Crippen molar-refractivity contribution in [3.8, 4) is 6.07 Å². The highest BCUT2D eigenvalue weighted by Crippen LogP contribution is 2.23. The molecule has 0 atom stereocenters. The van der Waals surface area contributed by atoms with Crippen molar-refractivity contribution in [1.29, 1.82) is 5.26 Å². The van der Waals surface area contributed by atoms with Crippen LogP contribution in [0.5, 0.6) is 0 Å². The molecule has 2 rings (SSSR count). The number of rotatable bonds is 5. The summed E-state index contributed by atoms with van der Waals surface area (Å²) in [4.78, 5) is 1.93. The van der Waals surface area contributed by atoms with Crippen molar-refractivity contribution in [2.75, 3.05) is 11.9 Å². The van der Waals surface area contributed by atoms with Crippen molar-refractivity contribution in [1.82, 2.24) is 10.2 Å². The second-order valence-corrected chi connectivity index (χ2v) is 4.63. The molecular formula is C15H18N4O. The van der Waals surface area contributed by atoms with Crippen molar-refractivity contribution in [3.05, 3.63) is 41.0 Å². The molecule has 0 fully saturated rings. The molecule has 0 aliphatic heterocycles. The van der Waals surface area contributed by atoms with Crippen molar-refractivity contribution in [3.63, 3.8) is 0 Å². The summed E-state index contributed by atoms with van der Waals surface area (Å²) in [6.45, 7) is 4.70. The van der Waals surface area contributed by atoms with Crippen LogP contribution < -0.4 is 4.90 Å². The molecule has 20 heavy (non-hydrogen) atoms. The molecule has 5 heteroatoms. The van der Waals surface area contributed by atoms with Gasteiger partial charge in [0.25, 0.3) is 0 Å². The molecule has 2 aromatic heterocycles. The van der Waals surface area contributed by atoms with E-state index in [0.29, 0.717) is 17.9 Å². The summed E-state index contributed by atoms with van der Waals surface area (Å²) in [7, 11) is 1.91. The van der Waals surface area contributed by atoms with Gasteiger partial charge < -0.3 is 9.32 Å². The van der Waals surface area contributed by atoms with E-state index < -0.39 is 0 Å². The minimum atomic E-state index is 0.628. The Morgan fingerprint density at radius 1 is 1.30 bits per heavy atom. The molecule has 2 aromatic rings. The maximum absolute atomic E-state index is 9.46. The number of hydrogen-bond acceptors (Lipinski definition) is 5. The lowest BCUT2D eigenvalue weighted by Gasteiger charge is -2.20. The number of anilines is 1. The number of aromatic nitrogens is 2. The highest BCUT2D eigenvalue weighted by atomic mass is 16.3. The predicted octanol–water partition coefficient (Wildman–Crippen LogP) is 2.70. The van der Waals surface area contributed by atoms with Crippen LogP contribution in [0.4, 0.5) is 5.82 Å². The van der Waals surface area contributed by atoms with Crippen molar-refractivity contribution < 1.29 is 4.42 Å². The van der Waals surface area contributed by atoms with Gasteiger partial charge in [-0.05, 0) is 24.5 Å². The topological polar surface area (TPSA) is 66.0 Å². The standard InChI is InChI=1S/C15H18N4O/c1-4-12-13(8-16)15(18-17-14(12)5-2)19(3)9-11-6-7-20-10-11/h6-7,10H,4-5,9H2,1-3H3. The minimum Gasteiger partial charge on any atom is -0.472 e. The van der Waals surface area contributed by atoms with Crippen LogP contribution in [0.3, 0.4) is 0 Å². The first kappa shape index (κ1) is 14.1. The molecule has 0 spiro atoms. The third-order valence-electron chi connectivity index (χ3n) is 3.30. The van der Waals surface area contributed by atoms with E-state index in [-0.39, 0.29) is 0 Å². The van der Waals surface area contributed by atoms with E-state index in [1.165, 1.54) is 0 Å². The molecule has 0 unspecified atom stereocenters. The largest absolute Gasteiger partial charge is 0.472 e. The van der Waals surface area contributed by atoms with E-state index >= 15 is 0 Å². The quantitative estimate of drug-likeness (QED) is 0.835. The smallest absolute Gasteiger partial charge is 0.169 e. The van der Waals surface area contributed by atoms with Gasteiger partial charge in [0.05, 0.1) is 18.2 Å². The van der Waals surface area contributed by atoms with Crippen LogP contribution in [0.1, 0.15) is 36.2 Å². The molecule has 5 nitrogen and oxygen atoms in total. The molecule has 0 saturated carbocycles. The van der Waals surface area contributed by atoms with E-state index in [4.69, 9.17) is 4.42 Å². The van der Waals surface area contributed by atoms with E-state index in [0.717, 1.165) is 29.7 Å². The van der Waals surface area contributed by atoms with Gasteiger partial charge in [-0.2, -0.15) is 10.4 Å². The monoisotopic (exact) mass is 270 g/mol. The summed E-state index contributed by atoms with van der Waals surface area (Å²) in [6, 6.07) is 4.18. The molecule has 0 aliphatic carbocycles. The summed E-state index contributed by atoms with van der Waals surface area (Å²) < 4.78 is 5.06. The Morgan fingerprint density at radius 2 is 2.10 bits per heavy atom. The Kier molecular flexibility index (Phi) is 4.36. The first-order chi connectivity index (χ1) is 9.71. The third-order valence-corrected chi connectivity index (χ3v) is 3.30. The summed E-state index contributed by atoms with van der Waals surface area (Å²) in [5.74, 6) is 0.628. The van der Waals surface area contributed by atoms with Crippen LogP contribution in [0, 0.1) is 11.3 Å². The van der Waals surface area contributed by atoms with Gasteiger partial charge >= 0.3 is 0 Å². The third kappa shape index (κ3) is 2.64. The Morgan fingerprint density at radius 3 is 2.65 bits per heavy atom. The van der Waals surface area contributed by atoms with Crippen molar-refractivity contribution in [2.24, 2.45) is 0 Å². The molecule has 104 valence electrons. The summed E-state index contributed by atoms with van der Waals surface area (Å²) in [5.41, 5.74) is 3.57. The molecule has 0 bridgehead atoms. The average molecular weight is 270 g/mol. The number of hydrogen-bond donors (Lipinski definition) is 0. The zero-order valence-corrected chi connectivity index (χ0v) is 12.1. The van der Waals surface area contributed by atoms with Crippen LogP contribution in [-0.2, 0) is 19.4 Å². The molecule has 0 aromatic carbocycles. The van der Waals surface area contributed by atoms with E-state index in [9.17, 15) is 5.26 Å². The van der Waals surface area contributed by atoms with Crippen molar-refractivity contribution in [2.45, 2.75) is 33.2 Å². The number of furan rings is 1. The van der Waals surface area contributed by atoms with Crippen LogP contribution >= 0.6 is 0 Å². The highest BCUT2D eigenvalue weighted by molar-refractivity contribution is 5.57. The fraction of sp³-hybridized carbons (Fsp3) is 0.400. The van der Waals surface area contributed by atoms with E-state index in [1.807, 2.05) is 31.9 Å². The zero-order chi connectivity index (χ0) is 14.5. The maximum atomic E-state index is 9.46. The summed E-state index contributed by atoms with van der Waals surface area (Å²) >= 11 is 0. The summed E-state index contributed by atoms with van der Waals surface area (Å²) in [5, 5.41) is 18.0. The average Bonchev–Trinajstić information content (AvgIpc) is 2.98. The van der Waals surface area contributed by atoms with Crippen LogP contribution in [-0.4, -0.2) is 17.2 Å². The first-order valence-electron chi connectivity index (χ1n) is 6.71. The van der Waals surface area contributed by atoms with Gasteiger partial charge in [0.2, 0.25) is 0 Å². The van der Waals surface area contributed by atoms with E-state index in [2.05, 4.69) is 16.3 Å². The molecule has 0 N–H and O–H groups in total. The maximum Gasteiger partial charge on any atom is 0.169 e. The fourth-order valence-corrected chi connectivity index (χ4v) is 2.28. The lowest BCUT2D eigenvalue weighted by atomic mass is 10.0. The lowest BCUT2D eigenvalue weighted by Crippen LogP contribution is -2.21. The Bertz CT molecular complexity index is 614. The van der Waals surface area contributed by atoms with Gasteiger partial charge in [0.1, 0.15) is 11.6 Å². The number of nitrogens with zero attached hydrogens (tertiary/aromatic N) is 4. The Labute approximate surface area is 118 Å². The second kappa shape index (κ2) is 6.20. The Hall–Kier alpha value is -2.35. The van der Waals surface area contributed by atoms with Gasteiger partial charge in [-0.1, -0.05) is 13.8 Å². The van der Waals surface area contributed by atoms with Gasteiger partial charge in [-0.3, -0.25) is 0 Å². The summed E-state index contributed by atoms with van der Waals surface area (Å²) in [6.07, 6.45) is 4.90. The van der Waals surface area contributed by atoms with Crippen LogP contribution in [0.15, 0.2) is 23.0 Å². The molecule has 0 amide bonds. The lowest BCUT2D eigenvalue weighted by molar-refractivity contribution is 0.563. The van der Waals surface area contributed by atoms with Crippen LogP contribution in [0.25, 0.3) is 0 Å². The number of nitriles is 1. The van der Waals surface area contributed by atoms with Crippen LogP contribution in [0.2, 0.25) is 0 Å². The molecule has 2 heterocycles. The first-order valence-corrected chi connectivity index (χ1v) is 6.71. The van der Waals surface area contributed by atoms with Crippen molar-refractivity contribution >= 4 is 5.82 Å². The highest BCUT2D eigenvalue weighted by Gasteiger charge is 2.17. The van der Waals surface area contributed by atoms with Gasteiger partial charge in [0, 0.05) is 19.2 Å². The fourth-order valence-electron chi connectivity index (χ4n) is 2.28. The normalized spacial score (nSPS) is 10.3. The molecule has 0 saturated heterocycles. The molecule has 0 radical (unpaired) electrons. The van der Waals surface area contributed by atoms with E-state index in [1.54, 1.807) is 12.5 Å². The SMILES string of the molecule is CCc1nnc(N(C)Cc2ccoc2)c(C#N)c1CC. The number of aryl methyl sites for hydroxylation is 1. The zero-order valence-electron chi connectivity index (χ0n) is 12.1. The predicted molar refractivity (Wildman–Crippen MR) is 76.3 cm³/mol. The van der Waals surface area contributed by atoms with Gasteiger partial charge in [-0.15, -0.1) is 5.10 Å². The Balaban J connectivity index is 2.38. The van der Waals surface area contributed by atoms with Gasteiger partial charge in [0.15, 0.2) is 5.82 Å². The second-order valence-electron chi connectivity index (χ2n) is 4.63. The van der Waals surface area contributed by atoms with Gasteiger partial charge in [-0.25, -0.2) is 0 Å².